The van der Waals surface area contributed by atoms with E-state index in [1.54, 1.807) is 19.2 Å². The number of nitrogens with zero attached hydrogens (tertiary/aromatic N) is 3. The van der Waals surface area contributed by atoms with Gasteiger partial charge in [0, 0.05) is 43.7 Å². The highest BCUT2D eigenvalue weighted by Crippen LogP contribution is 2.28. The first-order valence-electron chi connectivity index (χ1n) is 11.3. The van der Waals surface area contributed by atoms with Crippen molar-refractivity contribution < 1.29 is 9.13 Å². The quantitative estimate of drug-likeness (QED) is 0.486. The summed E-state index contributed by atoms with van der Waals surface area (Å²) in [7, 11) is 5.56. The Morgan fingerprint density at radius 3 is 2.52 bits per heavy atom. The topological polar surface area (TPSA) is 62.3 Å². The maximum absolute atomic E-state index is 14.1. The van der Waals surface area contributed by atoms with Crippen LogP contribution in [-0.4, -0.2) is 43.8 Å². The number of halogens is 1. The van der Waals surface area contributed by atoms with Gasteiger partial charge in [-0.15, -0.1) is 0 Å². The van der Waals surface area contributed by atoms with Gasteiger partial charge in [0.25, 0.3) is 0 Å². The summed E-state index contributed by atoms with van der Waals surface area (Å²) < 4.78 is 19.2. The molecule has 1 fully saturated rings. The molecular weight excluding hydrogens is 417 g/mol. The summed E-state index contributed by atoms with van der Waals surface area (Å²) in [4.78, 5) is 11.5. The van der Waals surface area contributed by atoms with Crippen LogP contribution in [0.3, 0.4) is 0 Å². The predicted octanol–water partition coefficient (Wildman–Crippen LogP) is 5.24. The van der Waals surface area contributed by atoms with Gasteiger partial charge in [-0.05, 0) is 56.3 Å². The third kappa shape index (κ3) is 6.11. The van der Waals surface area contributed by atoms with Crippen molar-refractivity contribution in [1.82, 2.24) is 15.3 Å². The van der Waals surface area contributed by atoms with Crippen molar-refractivity contribution >= 4 is 22.7 Å². The summed E-state index contributed by atoms with van der Waals surface area (Å²) in [5.41, 5.74) is 1.63. The van der Waals surface area contributed by atoms with E-state index in [0.29, 0.717) is 35.8 Å². The Morgan fingerprint density at radius 2 is 1.82 bits per heavy atom. The second kappa shape index (κ2) is 11.3. The lowest BCUT2D eigenvalue weighted by molar-refractivity contribution is 0.323. The molecule has 0 atom stereocenters. The second-order valence-corrected chi connectivity index (χ2v) is 8.73. The molecule has 178 valence electrons. The fraction of sp³-hybridized carbons (Fsp3) is 0.462. The van der Waals surface area contributed by atoms with Gasteiger partial charge in [-0.1, -0.05) is 25.6 Å². The summed E-state index contributed by atoms with van der Waals surface area (Å²) in [6, 6.07) is 13.5. The normalized spacial score (nSPS) is 17.9. The summed E-state index contributed by atoms with van der Waals surface area (Å²) >= 11 is 0. The van der Waals surface area contributed by atoms with E-state index in [9.17, 15) is 4.39 Å². The van der Waals surface area contributed by atoms with Gasteiger partial charge < -0.3 is 20.3 Å². The van der Waals surface area contributed by atoms with Crippen LogP contribution in [0.1, 0.15) is 38.7 Å². The number of fused-ring (bicyclic) bond motifs is 1. The van der Waals surface area contributed by atoms with Crippen molar-refractivity contribution in [2.24, 2.45) is 5.92 Å². The standard InChI is InChI=1S/C25H32FN5O.CH4/c1-31(2)24-21-6-4-5-7-23(21)29-25(30-24)28-19-11-8-17(9-12-19)15-27-16-18-10-13-20(32-3)14-22(18)26;/h4-7,10,13-14,17,19,27H,8-9,11-12,15-16H2,1-3H3,(H,28,29,30);1H4. The average molecular weight is 454 g/mol. The molecule has 33 heavy (non-hydrogen) atoms. The Kier molecular flexibility index (Phi) is 8.44. The molecule has 0 spiro atoms. The van der Waals surface area contributed by atoms with Crippen LogP contribution < -0.4 is 20.3 Å². The summed E-state index contributed by atoms with van der Waals surface area (Å²) in [6.07, 6.45) is 4.42. The van der Waals surface area contributed by atoms with E-state index in [2.05, 4.69) is 16.7 Å². The number of hydrogen-bond acceptors (Lipinski definition) is 6. The summed E-state index contributed by atoms with van der Waals surface area (Å²) in [5, 5.41) is 8.04. The molecule has 2 N–H and O–H groups in total. The molecular formula is C26H36FN5O. The number of methoxy groups -OCH3 is 1. The largest absolute Gasteiger partial charge is 0.497 e. The van der Waals surface area contributed by atoms with Gasteiger partial charge in [0.1, 0.15) is 17.4 Å². The molecule has 1 aliphatic carbocycles. The van der Waals surface area contributed by atoms with Crippen molar-refractivity contribution in [2.75, 3.05) is 38.0 Å². The number of aromatic nitrogens is 2. The molecule has 2 aromatic carbocycles. The van der Waals surface area contributed by atoms with Crippen molar-refractivity contribution in [2.45, 2.75) is 45.7 Å². The number of hydrogen-bond donors (Lipinski definition) is 2. The summed E-state index contributed by atoms with van der Waals surface area (Å²) in [5.74, 6) is 2.55. The van der Waals surface area contributed by atoms with Crippen molar-refractivity contribution in [1.29, 1.82) is 0 Å². The minimum absolute atomic E-state index is 0. The number of benzene rings is 2. The molecule has 1 aromatic heterocycles. The molecule has 0 radical (unpaired) electrons. The molecule has 0 unspecified atom stereocenters. The fourth-order valence-electron chi connectivity index (χ4n) is 4.37. The highest BCUT2D eigenvalue weighted by atomic mass is 19.1. The van der Waals surface area contributed by atoms with Gasteiger partial charge in [-0.3, -0.25) is 0 Å². The average Bonchev–Trinajstić information content (AvgIpc) is 2.80. The first-order chi connectivity index (χ1) is 15.5. The predicted molar refractivity (Wildman–Crippen MR) is 135 cm³/mol. The van der Waals surface area contributed by atoms with E-state index in [-0.39, 0.29) is 13.2 Å². The molecule has 4 rings (SSSR count). The van der Waals surface area contributed by atoms with Crippen LogP contribution in [0, 0.1) is 11.7 Å². The van der Waals surface area contributed by atoms with Gasteiger partial charge in [-0.2, -0.15) is 4.98 Å². The molecule has 0 aliphatic heterocycles. The van der Waals surface area contributed by atoms with Crippen LogP contribution >= 0.6 is 0 Å². The summed E-state index contributed by atoms with van der Waals surface area (Å²) in [6.45, 7) is 1.43. The molecule has 0 amide bonds. The maximum atomic E-state index is 14.1. The molecule has 0 saturated heterocycles. The van der Waals surface area contributed by atoms with E-state index in [1.165, 1.54) is 6.07 Å². The van der Waals surface area contributed by atoms with Gasteiger partial charge in [0.2, 0.25) is 5.95 Å². The van der Waals surface area contributed by atoms with Crippen LogP contribution in [0.5, 0.6) is 5.75 Å². The second-order valence-electron chi connectivity index (χ2n) is 8.73. The molecule has 1 heterocycles. The van der Waals surface area contributed by atoms with Crippen molar-refractivity contribution in [3.8, 4) is 5.75 Å². The third-order valence-corrected chi connectivity index (χ3v) is 6.20. The van der Waals surface area contributed by atoms with Gasteiger partial charge in [0.15, 0.2) is 0 Å². The first kappa shape index (κ1) is 24.7. The third-order valence-electron chi connectivity index (χ3n) is 6.20. The van der Waals surface area contributed by atoms with Crippen LogP contribution in [0.2, 0.25) is 0 Å². The van der Waals surface area contributed by atoms with Crippen LogP contribution in [0.25, 0.3) is 10.9 Å². The Morgan fingerprint density at radius 1 is 1.06 bits per heavy atom. The number of para-hydroxylation sites is 1. The van der Waals surface area contributed by atoms with E-state index < -0.39 is 0 Å². The maximum Gasteiger partial charge on any atom is 0.225 e. The number of nitrogens with one attached hydrogen (secondary N) is 2. The number of ether oxygens (including phenoxy) is 1. The Bertz CT molecular complexity index is 1050. The van der Waals surface area contributed by atoms with Crippen LogP contribution in [-0.2, 0) is 6.54 Å². The lowest BCUT2D eigenvalue weighted by Crippen LogP contribution is -2.31. The van der Waals surface area contributed by atoms with Gasteiger partial charge >= 0.3 is 0 Å². The smallest absolute Gasteiger partial charge is 0.225 e. The molecule has 7 heteroatoms. The number of anilines is 2. The van der Waals surface area contributed by atoms with E-state index in [4.69, 9.17) is 14.7 Å². The monoisotopic (exact) mass is 453 g/mol. The zero-order chi connectivity index (χ0) is 22.5. The molecule has 1 saturated carbocycles. The minimum atomic E-state index is -0.225. The SMILES string of the molecule is C.COc1ccc(CNCC2CCC(Nc3nc(N(C)C)c4ccccc4n3)CC2)c(F)c1. The van der Waals surface area contributed by atoms with Gasteiger partial charge in [0.05, 0.1) is 12.6 Å². The van der Waals surface area contributed by atoms with Gasteiger partial charge in [-0.25, -0.2) is 9.37 Å². The number of rotatable bonds is 8. The van der Waals surface area contributed by atoms with E-state index in [0.717, 1.165) is 48.9 Å². The van der Waals surface area contributed by atoms with E-state index in [1.807, 2.05) is 37.2 Å². The molecule has 3 aromatic rings. The van der Waals surface area contributed by atoms with E-state index >= 15 is 0 Å². The lowest BCUT2D eigenvalue weighted by Gasteiger charge is -2.29. The zero-order valence-corrected chi connectivity index (χ0v) is 19.1. The zero-order valence-electron chi connectivity index (χ0n) is 19.1. The van der Waals surface area contributed by atoms with Crippen LogP contribution in [0.4, 0.5) is 16.2 Å². The highest BCUT2D eigenvalue weighted by molar-refractivity contribution is 5.90. The fourth-order valence-corrected chi connectivity index (χ4v) is 4.37. The molecule has 6 nitrogen and oxygen atoms in total. The van der Waals surface area contributed by atoms with Crippen molar-refractivity contribution in [3.05, 3.63) is 53.8 Å². The minimum Gasteiger partial charge on any atom is -0.497 e. The van der Waals surface area contributed by atoms with Crippen molar-refractivity contribution in [3.63, 3.8) is 0 Å². The Hall–Kier alpha value is -2.93. The molecule has 1 aliphatic rings. The molecule has 0 bridgehead atoms. The highest BCUT2D eigenvalue weighted by Gasteiger charge is 2.22. The first-order valence-corrected chi connectivity index (χ1v) is 11.3. The Labute approximate surface area is 196 Å². The lowest BCUT2D eigenvalue weighted by atomic mass is 9.86. The van der Waals surface area contributed by atoms with Crippen LogP contribution in [0.15, 0.2) is 42.5 Å². The Balaban J connectivity index is 0.00000306.